The summed E-state index contributed by atoms with van der Waals surface area (Å²) >= 11 is 2.25. The standard InChI is InChI=1S/C20H19N9O6S2/c1-9(37-19-24-26-27-29(19)20(34)35)12-8-36-17-14(16(31)28(17)15(12)18(32)33)23-13(30)6-10-4-2-3-5-11(10)7-22-25-21/h2-5,9,14,17H,6-8H2,1H3,(H,23,30)(H,32,33)(H,34,35)/t9?,14?,17-/m1/s1. The number of nitrogens with one attached hydrogen (secondary N) is 1. The lowest BCUT2D eigenvalue weighted by atomic mass is 10.0. The van der Waals surface area contributed by atoms with Crippen LogP contribution < -0.4 is 5.32 Å². The molecule has 1 aromatic heterocycles. The number of carbonyl (C=O) groups excluding carboxylic acids is 2. The number of β-lactam (4-membered cyclic amide) rings is 1. The first-order valence-corrected chi connectivity index (χ1v) is 12.6. The predicted octanol–water partition coefficient (Wildman–Crippen LogP) is 1.47. The van der Waals surface area contributed by atoms with E-state index in [-0.39, 0.29) is 29.6 Å². The maximum absolute atomic E-state index is 13.0. The molecule has 0 bridgehead atoms. The average molecular weight is 546 g/mol. The van der Waals surface area contributed by atoms with E-state index in [2.05, 4.69) is 30.9 Å². The van der Waals surface area contributed by atoms with Gasteiger partial charge in [0.05, 0.1) is 13.0 Å². The number of amides is 2. The molecule has 1 fully saturated rings. The third-order valence-electron chi connectivity index (χ3n) is 5.69. The molecule has 0 saturated carbocycles. The highest BCUT2D eigenvalue weighted by Crippen LogP contribution is 2.43. The van der Waals surface area contributed by atoms with Gasteiger partial charge in [-0.1, -0.05) is 41.1 Å². The number of thioether (sulfide) groups is 2. The highest BCUT2D eigenvalue weighted by atomic mass is 32.2. The van der Waals surface area contributed by atoms with E-state index >= 15 is 0 Å². The molecule has 2 aliphatic heterocycles. The molecule has 0 radical (unpaired) electrons. The number of nitrogens with zero attached hydrogens (tertiary/aromatic N) is 8. The second-order valence-electron chi connectivity index (χ2n) is 7.88. The van der Waals surface area contributed by atoms with E-state index in [0.717, 1.165) is 16.7 Å². The molecule has 2 aliphatic rings. The van der Waals surface area contributed by atoms with Crippen molar-refractivity contribution >= 4 is 47.4 Å². The molecule has 0 spiro atoms. The number of benzene rings is 1. The number of carboxylic acids is 1. The molecule has 1 aromatic carbocycles. The predicted molar refractivity (Wildman–Crippen MR) is 129 cm³/mol. The number of azide groups is 1. The number of carbonyl (C=O) groups is 4. The molecule has 15 nitrogen and oxygen atoms in total. The first-order chi connectivity index (χ1) is 17.7. The van der Waals surface area contributed by atoms with Gasteiger partial charge in [-0.2, -0.15) is 0 Å². The minimum Gasteiger partial charge on any atom is -0.477 e. The number of aromatic nitrogens is 4. The van der Waals surface area contributed by atoms with Gasteiger partial charge < -0.3 is 15.5 Å². The van der Waals surface area contributed by atoms with Gasteiger partial charge in [0, 0.05) is 15.9 Å². The van der Waals surface area contributed by atoms with Gasteiger partial charge in [0.1, 0.15) is 17.1 Å². The Morgan fingerprint density at radius 3 is 2.73 bits per heavy atom. The normalized spacial score (nSPS) is 19.4. The molecule has 37 heavy (non-hydrogen) atoms. The van der Waals surface area contributed by atoms with E-state index in [1.165, 1.54) is 11.8 Å². The highest BCUT2D eigenvalue weighted by molar-refractivity contribution is 8.01. The Bertz CT molecular complexity index is 1360. The number of fused-ring (bicyclic) bond motifs is 1. The Kier molecular flexibility index (Phi) is 7.66. The van der Waals surface area contributed by atoms with Crippen molar-refractivity contribution in [2.45, 2.75) is 41.7 Å². The fraction of sp³-hybridized carbons (Fsp3) is 0.350. The molecule has 2 unspecified atom stereocenters. The van der Waals surface area contributed by atoms with Crippen LogP contribution in [0.4, 0.5) is 4.79 Å². The van der Waals surface area contributed by atoms with E-state index in [4.69, 9.17) is 5.53 Å². The number of carboxylic acid groups (broad SMARTS) is 2. The largest absolute Gasteiger partial charge is 0.477 e. The SMILES string of the molecule is CC(Sc1nnnn1C(=O)O)C1=C(C(=O)O)N2C(=O)C(NC(=O)Cc3ccccc3CN=[N+]=[N-])[C@H]2SC1. The second-order valence-corrected chi connectivity index (χ2v) is 10.3. The van der Waals surface area contributed by atoms with Crippen LogP contribution in [-0.2, 0) is 27.3 Å². The highest BCUT2D eigenvalue weighted by Gasteiger charge is 2.54. The van der Waals surface area contributed by atoms with Crippen molar-refractivity contribution in [2.24, 2.45) is 5.11 Å². The van der Waals surface area contributed by atoms with Gasteiger partial charge >= 0.3 is 12.1 Å². The zero-order valence-corrected chi connectivity index (χ0v) is 20.7. The van der Waals surface area contributed by atoms with Gasteiger partial charge in [0.15, 0.2) is 0 Å². The summed E-state index contributed by atoms with van der Waals surface area (Å²) in [5.74, 6) is -2.06. The van der Waals surface area contributed by atoms with Crippen LogP contribution in [0.25, 0.3) is 10.4 Å². The molecule has 0 aliphatic carbocycles. The summed E-state index contributed by atoms with van der Waals surface area (Å²) in [6, 6.07) is 6.07. The number of aliphatic carboxylic acids is 1. The summed E-state index contributed by atoms with van der Waals surface area (Å²) in [6.07, 6.45) is -1.43. The summed E-state index contributed by atoms with van der Waals surface area (Å²) in [7, 11) is 0. The fourth-order valence-corrected chi connectivity index (χ4v) is 6.47. The number of rotatable bonds is 9. The van der Waals surface area contributed by atoms with E-state index < -0.39 is 40.5 Å². The van der Waals surface area contributed by atoms with Gasteiger partial charge in [-0.3, -0.25) is 14.5 Å². The lowest BCUT2D eigenvalue weighted by Crippen LogP contribution is -2.70. The third kappa shape index (κ3) is 5.23. The fourth-order valence-electron chi connectivity index (χ4n) is 3.95. The molecule has 3 heterocycles. The maximum Gasteiger partial charge on any atom is 0.436 e. The van der Waals surface area contributed by atoms with Crippen molar-refractivity contribution in [1.82, 2.24) is 30.4 Å². The summed E-state index contributed by atoms with van der Waals surface area (Å²) in [5.41, 5.74) is 10.1. The van der Waals surface area contributed by atoms with Crippen molar-refractivity contribution < 1.29 is 29.4 Å². The van der Waals surface area contributed by atoms with Gasteiger partial charge in [-0.25, -0.2) is 9.59 Å². The van der Waals surface area contributed by atoms with Crippen molar-refractivity contribution in [2.75, 3.05) is 5.75 Å². The first kappa shape index (κ1) is 26.0. The monoisotopic (exact) mass is 545 g/mol. The first-order valence-electron chi connectivity index (χ1n) is 10.7. The summed E-state index contributed by atoms with van der Waals surface area (Å²) in [5, 5.41) is 34.5. The Morgan fingerprint density at radius 2 is 2.05 bits per heavy atom. The van der Waals surface area contributed by atoms with Gasteiger partial charge in [0.25, 0.3) is 5.91 Å². The van der Waals surface area contributed by atoms with Crippen LogP contribution in [0.5, 0.6) is 0 Å². The summed E-state index contributed by atoms with van der Waals surface area (Å²) < 4.78 is 0.576. The molecule has 3 atom stereocenters. The topological polar surface area (TPSA) is 216 Å². The molecule has 192 valence electrons. The lowest BCUT2D eigenvalue weighted by molar-refractivity contribution is -0.150. The maximum atomic E-state index is 13.0. The van der Waals surface area contributed by atoms with Crippen molar-refractivity contribution in [3.8, 4) is 0 Å². The molecule has 3 N–H and O–H groups in total. The number of hydrogen-bond acceptors (Lipinski definition) is 10. The van der Waals surface area contributed by atoms with E-state index in [0.29, 0.717) is 21.4 Å². The van der Waals surface area contributed by atoms with Crippen LogP contribution in [-0.4, -0.2) is 81.6 Å². The second kappa shape index (κ2) is 10.9. The van der Waals surface area contributed by atoms with Crippen LogP contribution in [0.1, 0.15) is 18.1 Å². The minimum atomic E-state index is -1.39. The summed E-state index contributed by atoms with van der Waals surface area (Å²) in [6.45, 7) is 1.75. The molecular formula is C20H19N9O6S2. The molecule has 2 amide bonds. The van der Waals surface area contributed by atoms with Crippen LogP contribution in [0.2, 0.25) is 0 Å². The van der Waals surface area contributed by atoms with Gasteiger partial charge in [-0.15, -0.1) is 21.5 Å². The van der Waals surface area contributed by atoms with Gasteiger partial charge in [0.2, 0.25) is 11.1 Å². The van der Waals surface area contributed by atoms with E-state index in [1.54, 1.807) is 31.2 Å². The molecule has 17 heteroatoms. The van der Waals surface area contributed by atoms with Crippen molar-refractivity contribution in [3.05, 3.63) is 57.1 Å². The molecule has 2 aromatic rings. The van der Waals surface area contributed by atoms with E-state index in [1.807, 2.05) is 0 Å². The molecular weight excluding hydrogens is 526 g/mol. The Morgan fingerprint density at radius 1 is 1.32 bits per heavy atom. The smallest absolute Gasteiger partial charge is 0.436 e. The zero-order valence-electron chi connectivity index (χ0n) is 19.1. The quantitative estimate of drug-likeness (QED) is 0.102. The Labute approximate surface area is 216 Å². The molecule has 1 saturated heterocycles. The van der Waals surface area contributed by atoms with E-state index in [9.17, 15) is 29.4 Å². The van der Waals surface area contributed by atoms with Crippen molar-refractivity contribution in [1.29, 1.82) is 0 Å². The third-order valence-corrected chi connectivity index (χ3v) is 8.09. The summed E-state index contributed by atoms with van der Waals surface area (Å²) in [4.78, 5) is 53.0. The van der Waals surface area contributed by atoms with Gasteiger partial charge in [-0.05, 0) is 39.6 Å². The Hall–Kier alpha value is -4.08. The van der Waals surface area contributed by atoms with Crippen LogP contribution in [0.3, 0.4) is 0 Å². The molecule has 4 rings (SSSR count). The van der Waals surface area contributed by atoms with Crippen LogP contribution in [0, 0.1) is 0 Å². The zero-order chi connectivity index (χ0) is 26.7. The van der Waals surface area contributed by atoms with Crippen LogP contribution >= 0.6 is 23.5 Å². The number of hydrogen-bond donors (Lipinski definition) is 3. The Balaban J connectivity index is 1.47. The lowest BCUT2D eigenvalue weighted by Gasteiger charge is -2.50. The average Bonchev–Trinajstić information content (AvgIpc) is 3.34. The van der Waals surface area contributed by atoms with Crippen molar-refractivity contribution in [3.63, 3.8) is 0 Å². The minimum absolute atomic E-state index is 0.0369. The number of tetrazole rings is 1. The van der Waals surface area contributed by atoms with Crippen LogP contribution in [0.15, 0.2) is 45.8 Å².